The van der Waals surface area contributed by atoms with Crippen LogP contribution in [0.15, 0.2) is 52.9 Å². The third-order valence-corrected chi connectivity index (χ3v) is 4.47. The second kappa shape index (κ2) is 6.91. The normalized spacial score (nSPS) is 11.4. The van der Waals surface area contributed by atoms with E-state index in [0.29, 0.717) is 11.5 Å². The number of rotatable bonds is 4. The lowest BCUT2D eigenvalue weighted by molar-refractivity contribution is 0.0691. The van der Waals surface area contributed by atoms with Gasteiger partial charge in [-0.25, -0.2) is 9.78 Å². The topological polar surface area (TPSA) is 66.6 Å². The Kier molecular flexibility index (Phi) is 4.79. The van der Waals surface area contributed by atoms with E-state index in [1.54, 1.807) is 0 Å². The number of anilines is 1. The van der Waals surface area contributed by atoms with Crippen molar-refractivity contribution < 1.29 is 14.3 Å². The number of aromatic nitrogens is 1. The monoisotopic (exact) mass is 364 g/mol. The fourth-order valence-corrected chi connectivity index (χ4v) is 2.81. The SMILES string of the molecule is CN(C)c1ccc(-c2oc(-c3ccc(C(C)(C)C)cc3)nc2C(=O)O)cc1. The molecule has 0 fully saturated rings. The van der Waals surface area contributed by atoms with Crippen LogP contribution in [0.3, 0.4) is 0 Å². The van der Waals surface area contributed by atoms with Crippen LogP contribution in [0.1, 0.15) is 36.8 Å². The Bertz CT molecular complexity index is 947. The van der Waals surface area contributed by atoms with Gasteiger partial charge in [-0.1, -0.05) is 32.9 Å². The average molecular weight is 364 g/mol. The molecular formula is C22H24N2O3. The molecule has 3 aromatic rings. The van der Waals surface area contributed by atoms with Crippen molar-refractivity contribution in [3.63, 3.8) is 0 Å². The highest BCUT2D eigenvalue weighted by atomic mass is 16.4. The lowest BCUT2D eigenvalue weighted by atomic mass is 9.87. The van der Waals surface area contributed by atoms with Gasteiger partial charge in [0.25, 0.3) is 0 Å². The van der Waals surface area contributed by atoms with Crippen LogP contribution < -0.4 is 4.90 Å². The molecule has 5 nitrogen and oxygen atoms in total. The van der Waals surface area contributed by atoms with E-state index in [4.69, 9.17) is 4.42 Å². The molecule has 5 heteroatoms. The van der Waals surface area contributed by atoms with E-state index in [1.807, 2.05) is 67.5 Å². The van der Waals surface area contributed by atoms with Crippen molar-refractivity contribution in [2.75, 3.05) is 19.0 Å². The predicted molar refractivity (Wildman–Crippen MR) is 107 cm³/mol. The minimum atomic E-state index is -1.11. The molecule has 0 bridgehead atoms. The van der Waals surface area contributed by atoms with E-state index in [2.05, 4.69) is 25.8 Å². The highest BCUT2D eigenvalue weighted by molar-refractivity contribution is 5.93. The maximum absolute atomic E-state index is 11.7. The molecule has 0 atom stereocenters. The molecule has 0 saturated carbocycles. The van der Waals surface area contributed by atoms with Crippen molar-refractivity contribution in [1.29, 1.82) is 0 Å². The first kappa shape index (κ1) is 18.7. The van der Waals surface area contributed by atoms with Crippen LogP contribution in [0.25, 0.3) is 22.8 Å². The summed E-state index contributed by atoms with van der Waals surface area (Å²) >= 11 is 0. The molecule has 0 saturated heterocycles. The van der Waals surface area contributed by atoms with Crippen molar-refractivity contribution in [3.8, 4) is 22.8 Å². The van der Waals surface area contributed by atoms with E-state index in [9.17, 15) is 9.90 Å². The minimum Gasteiger partial charge on any atom is -0.476 e. The Morgan fingerprint density at radius 1 is 0.963 bits per heavy atom. The Hall–Kier alpha value is -3.08. The Morgan fingerprint density at radius 3 is 2.00 bits per heavy atom. The molecule has 0 aliphatic rings. The van der Waals surface area contributed by atoms with E-state index in [1.165, 1.54) is 5.56 Å². The fourth-order valence-electron chi connectivity index (χ4n) is 2.81. The smallest absolute Gasteiger partial charge is 0.358 e. The molecule has 1 aromatic heterocycles. The summed E-state index contributed by atoms with van der Waals surface area (Å²) in [7, 11) is 3.90. The first-order valence-electron chi connectivity index (χ1n) is 8.79. The molecule has 0 amide bonds. The molecule has 2 aromatic carbocycles. The number of oxazole rings is 1. The molecule has 0 radical (unpaired) electrons. The number of carboxylic acids is 1. The quantitative estimate of drug-likeness (QED) is 0.700. The van der Waals surface area contributed by atoms with Gasteiger partial charge >= 0.3 is 5.97 Å². The first-order valence-corrected chi connectivity index (χ1v) is 8.79. The van der Waals surface area contributed by atoms with E-state index < -0.39 is 5.97 Å². The molecule has 3 rings (SSSR count). The molecule has 0 aliphatic heterocycles. The van der Waals surface area contributed by atoms with Crippen LogP contribution in [0.4, 0.5) is 5.69 Å². The van der Waals surface area contributed by atoms with Gasteiger partial charge in [0.2, 0.25) is 5.89 Å². The average Bonchev–Trinajstić information content (AvgIpc) is 3.07. The number of hydrogen-bond donors (Lipinski definition) is 1. The van der Waals surface area contributed by atoms with E-state index in [0.717, 1.165) is 11.3 Å². The summed E-state index contributed by atoms with van der Waals surface area (Å²) in [6.45, 7) is 6.43. The third-order valence-electron chi connectivity index (χ3n) is 4.47. The summed E-state index contributed by atoms with van der Waals surface area (Å²) in [6.07, 6.45) is 0. The number of hydrogen-bond acceptors (Lipinski definition) is 4. The van der Waals surface area contributed by atoms with Gasteiger partial charge in [-0.05, 0) is 47.4 Å². The molecule has 0 spiro atoms. The molecule has 0 aliphatic carbocycles. The van der Waals surface area contributed by atoms with Crippen molar-refractivity contribution in [2.45, 2.75) is 26.2 Å². The van der Waals surface area contributed by atoms with Crippen LogP contribution >= 0.6 is 0 Å². The third kappa shape index (κ3) is 3.87. The summed E-state index contributed by atoms with van der Waals surface area (Å²) in [4.78, 5) is 17.9. The second-order valence-electron chi connectivity index (χ2n) is 7.77. The van der Waals surface area contributed by atoms with Crippen LogP contribution in [-0.2, 0) is 5.41 Å². The summed E-state index contributed by atoms with van der Waals surface area (Å²) < 4.78 is 5.87. The number of benzene rings is 2. The number of carbonyl (C=O) groups is 1. The van der Waals surface area contributed by atoms with Gasteiger partial charge in [0.1, 0.15) is 0 Å². The Morgan fingerprint density at radius 2 is 1.52 bits per heavy atom. The van der Waals surface area contributed by atoms with Crippen LogP contribution in [0.2, 0.25) is 0 Å². The van der Waals surface area contributed by atoms with Crippen molar-refractivity contribution in [3.05, 3.63) is 59.8 Å². The molecule has 1 N–H and O–H groups in total. The number of carboxylic acid groups (broad SMARTS) is 1. The van der Waals surface area contributed by atoms with Gasteiger partial charge in [0.15, 0.2) is 11.5 Å². The summed E-state index contributed by atoms with van der Waals surface area (Å²) in [5.41, 5.74) is 3.61. The standard InChI is InChI=1S/C22H24N2O3/c1-22(2,3)16-10-6-15(7-11-16)20-23-18(21(25)26)19(27-20)14-8-12-17(13-9-14)24(4)5/h6-13H,1-5H3,(H,25,26). The van der Waals surface area contributed by atoms with E-state index >= 15 is 0 Å². The molecule has 27 heavy (non-hydrogen) atoms. The molecule has 140 valence electrons. The van der Waals surface area contributed by atoms with E-state index in [-0.39, 0.29) is 16.9 Å². The molecule has 0 unspecified atom stereocenters. The van der Waals surface area contributed by atoms with Crippen molar-refractivity contribution in [1.82, 2.24) is 4.98 Å². The van der Waals surface area contributed by atoms with Gasteiger partial charge in [0.05, 0.1) is 0 Å². The summed E-state index contributed by atoms with van der Waals surface area (Å²) in [5.74, 6) is -0.537. The maximum atomic E-state index is 11.7. The zero-order valence-electron chi connectivity index (χ0n) is 16.3. The highest BCUT2D eigenvalue weighted by Gasteiger charge is 2.22. The number of nitrogens with zero attached hydrogens (tertiary/aromatic N) is 2. The van der Waals surface area contributed by atoms with Gasteiger partial charge in [0, 0.05) is 30.9 Å². The fraction of sp³-hybridized carbons (Fsp3) is 0.273. The zero-order chi connectivity index (χ0) is 19.8. The van der Waals surface area contributed by atoms with Gasteiger partial charge in [-0.15, -0.1) is 0 Å². The number of aromatic carboxylic acids is 1. The minimum absolute atomic E-state index is 0.0424. The Labute approximate surface area is 159 Å². The highest BCUT2D eigenvalue weighted by Crippen LogP contribution is 2.32. The van der Waals surface area contributed by atoms with Gasteiger partial charge in [-0.3, -0.25) is 0 Å². The zero-order valence-corrected chi connectivity index (χ0v) is 16.3. The van der Waals surface area contributed by atoms with Crippen LogP contribution in [0, 0.1) is 0 Å². The first-order chi connectivity index (χ1) is 12.7. The molecular weight excluding hydrogens is 340 g/mol. The predicted octanol–water partition coefficient (Wildman–Crippen LogP) is 5.07. The van der Waals surface area contributed by atoms with Gasteiger partial charge < -0.3 is 14.4 Å². The van der Waals surface area contributed by atoms with Gasteiger partial charge in [-0.2, -0.15) is 0 Å². The summed E-state index contributed by atoms with van der Waals surface area (Å²) in [6, 6.07) is 15.4. The Balaban J connectivity index is 2.02. The maximum Gasteiger partial charge on any atom is 0.358 e. The largest absolute Gasteiger partial charge is 0.476 e. The van der Waals surface area contributed by atoms with Crippen molar-refractivity contribution >= 4 is 11.7 Å². The van der Waals surface area contributed by atoms with Crippen molar-refractivity contribution in [2.24, 2.45) is 0 Å². The van der Waals surface area contributed by atoms with Crippen LogP contribution in [-0.4, -0.2) is 30.2 Å². The summed E-state index contributed by atoms with van der Waals surface area (Å²) in [5, 5.41) is 9.55. The lowest BCUT2D eigenvalue weighted by Gasteiger charge is -2.18. The lowest BCUT2D eigenvalue weighted by Crippen LogP contribution is -2.10. The van der Waals surface area contributed by atoms with Crippen LogP contribution in [0.5, 0.6) is 0 Å². The molecule has 1 heterocycles. The second-order valence-corrected chi connectivity index (χ2v) is 7.77.